The van der Waals surface area contributed by atoms with Gasteiger partial charge in [0.15, 0.2) is 0 Å². The molecule has 0 aliphatic heterocycles. The van der Waals surface area contributed by atoms with E-state index in [-0.39, 0.29) is 0 Å². The van der Waals surface area contributed by atoms with Crippen LogP contribution in [0.1, 0.15) is 59.8 Å². The standard InChI is InChI=1S/C13H27N/c1-5-8-11(9-6-2)13(4)10-12(13)14-7-3/h11-12,14H,5-10H2,1-4H3/t12?,13-/m1/s1. The van der Waals surface area contributed by atoms with E-state index in [1.807, 2.05) is 0 Å². The summed E-state index contributed by atoms with van der Waals surface area (Å²) >= 11 is 0. The normalized spacial score (nSPS) is 31.1. The molecule has 0 radical (unpaired) electrons. The Kier molecular flexibility index (Phi) is 4.43. The molecule has 0 spiro atoms. The van der Waals surface area contributed by atoms with Gasteiger partial charge in [-0.2, -0.15) is 0 Å². The van der Waals surface area contributed by atoms with Crippen LogP contribution in [0.4, 0.5) is 0 Å². The number of hydrogen-bond donors (Lipinski definition) is 1. The summed E-state index contributed by atoms with van der Waals surface area (Å²) in [6.45, 7) is 10.5. The highest BCUT2D eigenvalue weighted by atomic mass is 15.0. The maximum atomic E-state index is 3.61. The fourth-order valence-corrected chi connectivity index (χ4v) is 2.88. The largest absolute Gasteiger partial charge is 0.314 e. The molecular formula is C13H27N. The van der Waals surface area contributed by atoms with Crippen molar-refractivity contribution in [3.8, 4) is 0 Å². The van der Waals surface area contributed by atoms with Crippen LogP contribution in [0.15, 0.2) is 0 Å². The summed E-state index contributed by atoms with van der Waals surface area (Å²) in [5.74, 6) is 0.960. The zero-order valence-corrected chi connectivity index (χ0v) is 10.4. The highest BCUT2D eigenvalue weighted by molar-refractivity contribution is 5.07. The van der Waals surface area contributed by atoms with Crippen molar-refractivity contribution >= 4 is 0 Å². The van der Waals surface area contributed by atoms with Crippen molar-refractivity contribution in [2.45, 2.75) is 65.8 Å². The molecule has 0 amide bonds. The summed E-state index contributed by atoms with van der Waals surface area (Å²) in [6.07, 6.45) is 6.95. The van der Waals surface area contributed by atoms with Crippen molar-refractivity contribution in [1.29, 1.82) is 0 Å². The Bertz CT molecular complexity index is 161. The molecular weight excluding hydrogens is 170 g/mol. The molecule has 1 unspecified atom stereocenters. The third-order valence-electron chi connectivity index (χ3n) is 3.94. The molecule has 1 aliphatic carbocycles. The van der Waals surface area contributed by atoms with E-state index in [2.05, 4.69) is 33.0 Å². The molecule has 1 heteroatoms. The van der Waals surface area contributed by atoms with Gasteiger partial charge in [-0.25, -0.2) is 0 Å². The third kappa shape index (κ3) is 2.50. The Labute approximate surface area is 89.7 Å². The van der Waals surface area contributed by atoms with Crippen LogP contribution in [0.2, 0.25) is 0 Å². The molecule has 1 nitrogen and oxygen atoms in total. The zero-order valence-electron chi connectivity index (χ0n) is 10.4. The molecule has 0 aromatic carbocycles. The van der Waals surface area contributed by atoms with Gasteiger partial charge >= 0.3 is 0 Å². The van der Waals surface area contributed by atoms with Crippen LogP contribution in [0, 0.1) is 11.3 Å². The molecule has 0 saturated heterocycles. The SMILES string of the molecule is CCCC(CCC)[C@@]1(C)CC1NCC. The second kappa shape index (κ2) is 5.16. The molecule has 1 saturated carbocycles. The summed E-state index contributed by atoms with van der Waals surface area (Å²) in [7, 11) is 0. The molecule has 0 heterocycles. The van der Waals surface area contributed by atoms with Crippen molar-refractivity contribution in [3.05, 3.63) is 0 Å². The maximum absolute atomic E-state index is 3.61. The van der Waals surface area contributed by atoms with Gasteiger partial charge in [-0.1, -0.05) is 53.4 Å². The molecule has 14 heavy (non-hydrogen) atoms. The Balaban J connectivity index is 2.43. The zero-order chi connectivity index (χ0) is 10.6. The first-order valence-corrected chi connectivity index (χ1v) is 6.42. The fraction of sp³-hybridized carbons (Fsp3) is 1.00. The molecule has 0 aromatic heterocycles. The summed E-state index contributed by atoms with van der Waals surface area (Å²) < 4.78 is 0. The van der Waals surface area contributed by atoms with E-state index in [9.17, 15) is 0 Å². The van der Waals surface area contributed by atoms with E-state index in [0.717, 1.165) is 18.5 Å². The monoisotopic (exact) mass is 197 g/mol. The van der Waals surface area contributed by atoms with Gasteiger partial charge in [0.2, 0.25) is 0 Å². The van der Waals surface area contributed by atoms with Crippen LogP contribution in [-0.4, -0.2) is 12.6 Å². The van der Waals surface area contributed by atoms with E-state index in [1.165, 1.54) is 32.1 Å². The Hall–Kier alpha value is -0.0400. The topological polar surface area (TPSA) is 12.0 Å². The minimum absolute atomic E-state index is 0.627. The van der Waals surface area contributed by atoms with Crippen LogP contribution in [0.5, 0.6) is 0 Å². The highest BCUT2D eigenvalue weighted by Crippen LogP contribution is 2.54. The predicted octanol–water partition coefficient (Wildman–Crippen LogP) is 3.59. The van der Waals surface area contributed by atoms with Crippen LogP contribution in [-0.2, 0) is 0 Å². The van der Waals surface area contributed by atoms with Gasteiger partial charge in [-0.3, -0.25) is 0 Å². The van der Waals surface area contributed by atoms with Crippen molar-refractivity contribution in [3.63, 3.8) is 0 Å². The number of nitrogens with one attached hydrogen (secondary N) is 1. The van der Waals surface area contributed by atoms with Crippen LogP contribution >= 0.6 is 0 Å². The third-order valence-corrected chi connectivity index (χ3v) is 3.94. The maximum Gasteiger partial charge on any atom is 0.0130 e. The number of hydrogen-bond acceptors (Lipinski definition) is 1. The average molecular weight is 197 g/mol. The van der Waals surface area contributed by atoms with Crippen molar-refractivity contribution in [2.24, 2.45) is 11.3 Å². The molecule has 0 bridgehead atoms. The van der Waals surface area contributed by atoms with E-state index >= 15 is 0 Å². The lowest BCUT2D eigenvalue weighted by Gasteiger charge is -2.24. The second-order valence-corrected chi connectivity index (χ2v) is 5.09. The molecule has 2 atom stereocenters. The summed E-state index contributed by atoms with van der Waals surface area (Å²) in [5, 5.41) is 3.61. The Morgan fingerprint density at radius 2 is 1.79 bits per heavy atom. The fourth-order valence-electron chi connectivity index (χ4n) is 2.88. The van der Waals surface area contributed by atoms with Gasteiger partial charge in [0, 0.05) is 6.04 Å². The van der Waals surface area contributed by atoms with Crippen LogP contribution in [0.3, 0.4) is 0 Å². The van der Waals surface area contributed by atoms with Crippen molar-refractivity contribution in [2.75, 3.05) is 6.54 Å². The molecule has 0 aromatic rings. The lowest BCUT2D eigenvalue weighted by atomic mass is 9.83. The molecule has 84 valence electrons. The van der Waals surface area contributed by atoms with Gasteiger partial charge < -0.3 is 5.32 Å². The van der Waals surface area contributed by atoms with E-state index < -0.39 is 0 Å². The lowest BCUT2D eigenvalue weighted by molar-refractivity contribution is 0.271. The summed E-state index contributed by atoms with van der Waals surface area (Å²) in [6, 6.07) is 0.815. The molecule has 1 rings (SSSR count). The first-order chi connectivity index (χ1) is 6.69. The Morgan fingerprint density at radius 1 is 1.21 bits per heavy atom. The Morgan fingerprint density at radius 3 is 2.21 bits per heavy atom. The number of rotatable bonds is 7. The van der Waals surface area contributed by atoms with E-state index in [4.69, 9.17) is 0 Å². The second-order valence-electron chi connectivity index (χ2n) is 5.09. The van der Waals surface area contributed by atoms with Crippen LogP contribution < -0.4 is 5.32 Å². The van der Waals surface area contributed by atoms with Gasteiger partial charge in [-0.05, 0) is 24.3 Å². The smallest absolute Gasteiger partial charge is 0.0130 e. The van der Waals surface area contributed by atoms with Gasteiger partial charge in [0.1, 0.15) is 0 Å². The quantitative estimate of drug-likeness (QED) is 0.657. The van der Waals surface area contributed by atoms with Gasteiger partial charge in [-0.15, -0.1) is 0 Å². The van der Waals surface area contributed by atoms with Crippen molar-refractivity contribution in [1.82, 2.24) is 5.32 Å². The summed E-state index contributed by atoms with van der Waals surface area (Å²) in [4.78, 5) is 0. The first-order valence-electron chi connectivity index (χ1n) is 6.42. The van der Waals surface area contributed by atoms with Crippen LogP contribution in [0.25, 0.3) is 0 Å². The predicted molar refractivity (Wildman–Crippen MR) is 63.5 cm³/mol. The molecule has 1 aliphatic rings. The average Bonchev–Trinajstić information content (AvgIpc) is 2.79. The molecule has 1 fully saturated rings. The van der Waals surface area contributed by atoms with Crippen molar-refractivity contribution < 1.29 is 0 Å². The highest BCUT2D eigenvalue weighted by Gasteiger charge is 2.53. The van der Waals surface area contributed by atoms with E-state index in [0.29, 0.717) is 5.41 Å². The lowest BCUT2D eigenvalue weighted by Crippen LogP contribution is -2.26. The first kappa shape index (κ1) is 12.0. The minimum atomic E-state index is 0.627. The molecule has 1 N–H and O–H groups in total. The summed E-state index contributed by atoms with van der Waals surface area (Å²) in [5.41, 5.74) is 0.627. The van der Waals surface area contributed by atoms with Gasteiger partial charge in [0.25, 0.3) is 0 Å². The van der Waals surface area contributed by atoms with E-state index in [1.54, 1.807) is 0 Å². The van der Waals surface area contributed by atoms with Gasteiger partial charge in [0.05, 0.1) is 0 Å². The minimum Gasteiger partial charge on any atom is -0.314 e.